The second-order valence-electron chi connectivity index (χ2n) is 3.40. The molecule has 4 heteroatoms. The Kier molecular flexibility index (Phi) is 3.94. The highest BCUT2D eigenvalue weighted by Gasteiger charge is 2.15. The third-order valence-corrected chi connectivity index (χ3v) is 2.04. The van der Waals surface area contributed by atoms with Crippen molar-refractivity contribution in [1.29, 1.82) is 0 Å². The van der Waals surface area contributed by atoms with E-state index in [0.29, 0.717) is 6.42 Å². The second-order valence-corrected chi connectivity index (χ2v) is 3.40. The zero-order valence-corrected chi connectivity index (χ0v) is 9.15. The van der Waals surface area contributed by atoms with Crippen LogP contribution in [0.2, 0.25) is 0 Å². The van der Waals surface area contributed by atoms with Gasteiger partial charge in [0.05, 0.1) is 7.11 Å². The van der Waals surface area contributed by atoms with Crippen LogP contribution in [-0.2, 0) is 20.7 Å². The van der Waals surface area contributed by atoms with Crippen LogP contribution in [-0.4, -0.2) is 24.6 Å². The molecule has 0 N–H and O–H groups in total. The summed E-state index contributed by atoms with van der Waals surface area (Å²) in [5.41, 5.74) is 1.08. The van der Waals surface area contributed by atoms with Crippen LogP contribution < -0.4 is 0 Å². The quantitative estimate of drug-likeness (QED) is 0.434. The lowest BCUT2D eigenvalue weighted by atomic mass is 10.1. The molecule has 0 aliphatic rings. The van der Waals surface area contributed by atoms with Crippen molar-refractivity contribution >= 4 is 17.5 Å². The average Bonchev–Trinajstić information content (AvgIpc) is 2.27. The summed E-state index contributed by atoms with van der Waals surface area (Å²) in [4.78, 5) is 33.2. The maximum Gasteiger partial charge on any atom is 0.379 e. The molecule has 84 valence electrons. The van der Waals surface area contributed by atoms with E-state index >= 15 is 0 Å². The first kappa shape index (κ1) is 12.1. The molecule has 1 aromatic carbocycles. The van der Waals surface area contributed by atoms with Crippen molar-refractivity contribution in [1.82, 2.24) is 0 Å². The Morgan fingerprint density at radius 1 is 1.12 bits per heavy atom. The number of hydrogen-bond acceptors (Lipinski definition) is 4. The Bertz CT molecular complexity index is 417. The molecular formula is C12H12O4. The standard InChI is InChI=1S/C12H12O4/c1-8(13)7-9-3-5-10(6-4-9)11(14)12(15)16-2/h3-6H,7H2,1-2H3. The third kappa shape index (κ3) is 3.02. The zero-order chi connectivity index (χ0) is 12.1. The van der Waals surface area contributed by atoms with E-state index in [1.165, 1.54) is 19.1 Å². The highest BCUT2D eigenvalue weighted by atomic mass is 16.5. The summed E-state index contributed by atoms with van der Waals surface area (Å²) in [7, 11) is 1.16. The molecule has 0 aromatic heterocycles. The molecule has 0 radical (unpaired) electrons. The van der Waals surface area contributed by atoms with Gasteiger partial charge in [0.2, 0.25) is 0 Å². The van der Waals surface area contributed by atoms with Crippen molar-refractivity contribution in [3.8, 4) is 0 Å². The van der Waals surface area contributed by atoms with Gasteiger partial charge in [-0.15, -0.1) is 0 Å². The fourth-order valence-corrected chi connectivity index (χ4v) is 1.27. The topological polar surface area (TPSA) is 60.4 Å². The summed E-state index contributed by atoms with van der Waals surface area (Å²) in [5, 5.41) is 0. The number of ketones is 2. The summed E-state index contributed by atoms with van der Waals surface area (Å²) < 4.78 is 4.32. The van der Waals surface area contributed by atoms with Crippen molar-refractivity contribution in [2.45, 2.75) is 13.3 Å². The number of methoxy groups -OCH3 is 1. The van der Waals surface area contributed by atoms with Gasteiger partial charge in [-0.25, -0.2) is 4.79 Å². The molecule has 0 amide bonds. The molecule has 0 spiro atoms. The normalized spacial score (nSPS) is 9.62. The molecule has 16 heavy (non-hydrogen) atoms. The van der Waals surface area contributed by atoms with Gasteiger partial charge in [-0.05, 0) is 12.5 Å². The first-order chi connectivity index (χ1) is 7.54. The lowest BCUT2D eigenvalue weighted by Crippen LogP contribution is -2.15. The number of benzene rings is 1. The molecule has 1 rings (SSSR count). The van der Waals surface area contributed by atoms with Crippen LogP contribution >= 0.6 is 0 Å². The van der Waals surface area contributed by atoms with Gasteiger partial charge in [0, 0.05) is 12.0 Å². The lowest BCUT2D eigenvalue weighted by molar-refractivity contribution is -0.135. The van der Waals surface area contributed by atoms with E-state index in [1.54, 1.807) is 12.1 Å². The minimum atomic E-state index is -0.890. The van der Waals surface area contributed by atoms with Crippen molar-refractivity contribution in [3.63, 3.8) is 0 Å². The predicted molar refractivity (Wildman–Crippen MR) is 57.2 cm³/mol. The molecule has 0 aliphatic heterocycles. The van der Waals surface area contributed by atoms with Gasteiger partial charge >= 0.3 is 5.97 Å². The van der Waals surface area contributed by atoms with Crippen molar-refractivity contribution in [3.05, 3.63) is 35.4 Å². The average molecular weight is 220 g/mol. The molecule has 0 saturated carbocycles. The Morgan fingerprint density at radius 2 is 1.69 bits per heavy atom. The summed E-state index contributed by atoms with van der Waals surface area (Å²) >= 11 is 0. The maximum absolute atomic E-state index is 11.4. The maximum atomic E-state index is 11.4. The summed E-state index contributed by atoms with van der Waals surface area (Å²) in [6.45, 7) is 1.49. The summed E-state index contributed by atoms with van der Waals surface area (Å²) in [6.07, 6.45) is 0.326. The predicted octanol–water partition coefficient (Wildman–Crippen LogP) is 1.17. The highest BCUT2D eigenvalue weighted by molar-refractivity contribution is 6.40. The van der Waals surface area contributed by atoms with E-state index in [4.69, 9.17) is 0 Å². The van der Waals surface area contributed by atoms with Crippen LogP contribution in [0.25, 0.3) is 0 Å². The first-order valence-corrected chi connectivity index (χ1v) is 4.75. The molecule has 0 bridgehead atoms. The molecule has 0 heterocycles. The minimum absolute atomic E-state index is 0.0482. The van der Waals surface area contributed by atoms with E-state index in [-0.39, 0.29) is 11.3 Å². The van der Waals surface area contributed by atoms with E-state index in [1.807, 2.05) is 0 Å². The fourth-order valence-electron chi connectivity index (χ4n) is 1.27. The molecular weight excluding hydrogens is 208 g/mol. The largest absolute Gasteiger partial charge is 0.463 e. The highest BCUT2D eigenvalue weighted by Crippen LogP contribution is 2.07. The van der Waals surface area contributed by atoms with Gasteiger partial charge in [0.1, 0.15) is 5.78 Å². The number of ether oxygens (including phenoxy) is 1. The Balaban J connectivity index is 2.82. The lowest BCUT2D eigenvalue weighted by Gasteiger charge is -2.01. The number of esters is 1. The van der Waals surface area contributed by atoms with Gasteiger partial charge < -0.3 is 4.74 Å². The second kappa shape index (κ2) is 5.21. The fraction of sp³-hybridized carbons (Fsp3) is 0.250. The van der Waals surface area contributed by atoms with Crippen LogP contribution in [0.1, 0.15) is 22.8 Å². The van der Waals surface area contributed by atoms with Crippen LogP contribution in [0.4, 0.5) is 0 Å². The van der Waals surface area contributed by atoms with Crippen LogP contribution in [0, 0.1) is 0 Å². The Hall–Kier alpha value is -1.97. The Morgan fingerprint density at radius 3 is 2.12 bits per heavy atom. The van der Waals surface area contributed by atoms with Crippen LogP contribution in [0.3, 0.4) is 0 Å². The van der Waals surface area contributed by atoms with Gasteiger partial charge in [0.25, 0.3) is 5.78 Å². The molecule has 0 unspecified atom stereocenters. The van der Waals surface area contributed by atoms with Gasteiger partial charge in [-0.1, -0.05) is 24.3 Å². The zero-order valence-electron chi connectivity index (χ0n) is 9.15. The number of Topliss-reactive ketones (excluding diaryl/α,β-unsaturated/α-hetero) is 2. The van der Waals surface area contributed by atoms with Crippen LogP contribution in [0.5, 0.6) is 0 Å². The number of carbonyl (C=O) groups excluding carboxylic acids is 3. The monoisotopic (exact) mass is 220 g/mol. The number of carbonyl (C=O) groups is 3. The van der Waals surface area contributed by atoms with E-state index in [2.05, 4.69) is 4.74 Å². The SMILES string of the molecule is COC(=O)C(=O)c1ccc(CC(C)=O)cc1. The molecule has 0 fully saturated rings. The molecule has 0 saturated heterocycles. The first-order valence-electron chi connectivity index (χ1n) is 4.75. The van der Waals surface area contributed by atoms with Gasteiger partial charge in [0.15, 0.2) is 0 Å². The van der Waals surface area contributed by atoms with Gasteiger partial charge in [-0.2, -0.15) is 0 Å². The smallest absolute Gasteiger partial charge is 0.379 e. The van der Waals surface area contributed by atoms with Crippen LogP contribution in [0.15, 0.2) is 24.3 Å². The third-order valence-electron chi connectivity index (χ3n) is 2.04. The van der Waals surface area contributed by atoms with Gasteiger partial charge in [-0.3, -0.25) is 9.59 Å². The molecule has 0 atom stereocenters. The molecule has 4 nitrogen and oxygen atoms in total. The summed E-state index contributed by atoms with van der Waals surface area (Å²) in [6, 6.07) is 6.32. The number of rotatable bonds is 4. The van der Waals surface area contributed by atoms with Crippen molar-refractivity contribution < 1.29 is 19.1 Å². The van der Waals surface area contributed by atoms with E-state index in [9.17, 15) is 14.4 Å². The van der Waals surface area contributed by atoms with E-state index in [0.717, 1.165) is 12.7 Å². The summed E-state index contributed by atoms with van der Waals surface area (Å²) in [5.74, 6) is -1.52. The van der Waals surface area contributed by atoms with Crippen molar-refractivity contribution in [2.75, 3.05) is 7.11 Å². The van der Waals surface area contributed by atoms with E-state index < -0.39 is 11.8 Å². The number of hydrogen-bond donors (Lipinski definition) is 0. The van der Waals surface area contributed by atoms with Crippen molar-refractivity contribution in [2.24, 2.45) is 0 Å². The molecule has 1 aromatic rings. The molecule has 0 aliphatic carbocycles. The minimum Gasteiger partial charge on any atom is -0.463 e. The Labute approximate surface area is 93.2 Å².